The van der Waals surface area contributed by atoms with Crippen LogP contribution in [0.3, 0.4) is 0 Å². The molecule has 0 N–H and O–H groups in total. The molecule has 9 heteroatoms. The van der Waals surface area contributed by atoms with Gasteiger partial charge in [-0.25, -0.2) is 9.97 Å². The van der Waals surface area contributed by atoms with Crippen molar-refractivity contribution in [1.29, 1.82) is 0 Å². The molecule has 0 bridgehead atoms. The minimum Gasteiger partial charge on any atom is -0.329 e. The number of alkyl halides is 6. The number of aromatic nitrogens is 2. The lowest BCUT2D eigenvalue weighted by Gasteiger charge is -2.20. The predicted molar refractivity (Wildman–Crippen MR) is 95.8 cm³/mol. The number of hydrogen-bond donors (Lipinski definition) is 0. The molecule has 0 atom stereocenters. The first kappa shape index (κ1) is 20.6. The molecule has 0 amide bonds. The van der Waals surface area contributed by atoms with Crippen LogP contribution in [0.15, 0.2) is 60.9 Å². The van der Waals surface area contributed by atoms with E-state index in [1.165, 1.54) is 35.5 Å². The lowest BCUT2D eigenvalue weighted by atomic mass is 10.1. The fraction of sp³-hybridized carbons (Fsp3) is 0.200. The molecule has 152 valence electrons. The van der Waals surface area contributed by atoms with Gasteiger partial charge in [0.2, 0.25) is 0 Å². The number of rotatable bonds is 4. The van der Waals surface area contributed by atoms with Crippen LogP contribution in [0.25, 0.3) is 0 Å². The lowest BCUT2D eigenvalue weighted by molar-refractivity contribution is -0.138. The molecule has 0 radical (unpaired) electrons. The van der Waals surface area contributed by atoms with Gasteiger partial charge in [-0.1, -0.05) is 24.3 Å². The smallest absolute Gasteiger partial charge is 0.329 e. The summed E-state index contributed by atoms with van der Waals surface area (Å²) in [6, 6.07) is 11.2. The minimum absolute atomic E-state index is 0.121. The van der Waals surface area contributed by atoms with Crippen LogP contribution >= 0.6 is 0 Å². The zero-order valence-corrected chi connectivity index (χ0v) is 15.1. The van der Waals surface area contributed by atoms with E-state index in [4.69, 9.17) is 0 Å². The first-order valence-electron chi connectivity index (χ1n) is 8.42. The second-order valence-electron chi connectivity index (χ2n) is 6.35. The van der Waals surface area contributed by atoms with Gasteiger partial charge in [-0.2, -0.15) is 26.3 Å². The number of hydrogen-bond acceptors (Lipinski definition) is 3. The Morgan fingerprint density at radius 1 is 0.793 bits per heavy atom. The van der Waals surface area contributed by atoms with Gasteiger partial charge in [-0.3, -0.25) is 0 Å². The van der Waals surface area contributed by atoms with E-state index in [0.717, 1.165) is 24.3 Å². The monoisotopic (exact) mass is 411 g/mol. The van der Waals surface area contributed by atoms with Gasteiger partial charge < -0.3 is 4.90 Å². The Bertz CT molecular complexity index is 998. The molecule has 2 aromatic carbocycles. The standard InChI is InChI=1S/C20H15F6N3/c1-29(17-7-3-6-15(10-17)20(24,25)26)18-11-16(27-12-28-18)9-13-4-2-5-14(8-13)19(21,22)23/h2-8,10-12H,9H2,1H3. The van der Waals surface area contributed by atoms with Crippen LogP contribution in [0.2, 0.25) is 0 Å². The van der Waals surface area contributed by atoms with Gasteiger partial charge >= 0.3 is 12.4 Å². The van der Waals surface area contributed by atoms with E-state index in [9.17, 15) is 26.3 Å². The average molecular weight is 411 g/mol. The van der Waals surface area contributed by atoms with E-state index in [2.05, 4.69) is 9.97 Å². The van der Waals surface area contributed by atoms with Gasteiger partial charge in [0.15, 0.2) is 0 Å². The Morgan fingerprint density at radius 2 is 1.41 bits per heavy atom. The molecule has 3 aromatic rings. The summed E-state index contributed by atoms with van der Waals surface area (Å²) in [5.41, 5.74) is -0.437. The molecular formula is C20H15F6N3. The first-order valence-corrected chi connectivity index (χ1v) is 8.42. The van der Waals surface area contributed by atoms with E-state index in [1.54, 1.807) is 13.1 Å². The SMILES string of the molecule is CN(c1cccc(C(F)(F)F)c1)c1cc(Cc2cccc(C(F)(F)F)c2)ncn1. The molecule has 0 aliphatic heterocycles. The van der Waals surface area contributed by atoms with E-state index < -0.39 is 23.5 Å². The van der Waals surface area contributed by atoms with E-state index >= 15 is 0 Å². The Kier molecular flexibility index (Phi) is 5.50. The molecule has 1 aromatic heterocycles. The van der Waals surface area contributed by atoms with Gasteiger partial charge in [0.1, 0.15) is 12.1 Å². The van der Waals surface area contributed by atoms with Crippen molar-refractivity contribution >= 4 is 11.5 Å². The molecule has 3 nitrogen and oxygen atoms in total. The van der Waals surface area contributed by atoms with Crippen molar-refractivity contribution in [1.82, 2.24) is 9.97 Å². The number of anilines is 2. The minimum atomic E-state index is -4.48. The molecule has 0 aliphatic rings. The molecular weight excluding hydrogens is 396 g/mol. The molecule has 1 heterocycles. The highest BCUT2D eigenvalue weighted by molar-refractivity contribution is 5.60. The van der Waals surface area contributed by atoms with Gasteiger partial charge in [0.05, 0.1) is 16.8 Å². The normalized spacial score (nSPS) is 12.1. The average Bonchev–Trinajstić information content (AvgIpc) is 2.67. The van der Waals surface area contributed by atoms with E-state index in [-0.39, 0.29) is 12.1 Å². The van der Waals surface area contributed by atoms with Gasteiger partial charge in [0.25, 0.3) is 0 Å². The third-order valence-corrected chi connectivity index (χ3v) is 4.25. The van der Waals surface area contributed by atoms with Gasteiger partial charge in [-0.05, 0) is 29.8 Å². The van der Waals surface area contributed by atoms with Crippen molar-refractivity contribution < 1.29 is 26.3 Å². The summed E-state index contributed by atoms with van der Waals surface area (Å²) in [6.07, 6.45) is -7.58. The molecule has 29 heavy (non-hydrogen) atoms. The fourth-order valence-electron chi connectivity index (χ4n) is 2.76. The molecule has 3 rings (SSSR count). The molecule has 0 fully saturated rings. The molecule has 0 spiro atoms. The van der Waals surface area contributed by atoms with Crippen molar-refractivity contribution in [3.05, 3.63) is 83.3 Å². The Balaban J connectivity index is 1.85. The van der Waals surface area contributed by atoms with Crippen LogP contribution in [0.4, 0.5) is 37.8 Å². The van der Waals surface area contributed by atoms with Crippen LogP contribution in [0.5, 0.6) is 0 Å². The Hall–Kier alpha value is -3.10. The summed E-state index contributed by atoms with van der Waals surface area (Å²) in [6.45, 7) is 0. The highest BCUT2D eigenvalue weighted by Crippen LogP contribution is 2.33. The highest BCUT2D eigenvalue weighted by Gasteiger charge is 2.31. The fourth-order valence-corrected chi connectivity index (χ4v) is 2.76. The van der Waals surface area contributed by atoms with Crippen molar-refractivity contribution in [3.8, 4) is 0 Å². The predicted octanol–water partition coefficient (Wildman–Crippen LogP) is 5.87. The van der Waals surface area contributed by atoms with Crippen molar-refractivity contribution in [3.63, 3.8) is 0 Å². The second kappa shape index (κ2) is 7.73. The first-order chi connectivity index (χ1) is 13.5. The van der Waals surface area contributed by atoms with Crippen LogP contribution in [-0.4, -0.2) is 17.0 Å². The quantitative estimate of drug-likeness (QED) is 0.503. The molecule has 0 unspecified atom stereocenters. The maximum absolute atomic E-state index is 12.9. The summed E-state index contributed by atoms with van der Waals surface area (Å²) in [5, 5.41) is 0. The third-order valence-electron chi connectivity index (χ3n) is 4.25. The lowest BCUT2D eigenvalue weighted by Crippen LogP contribution is -2.14. The number of benzene rings is 2. The van der Waals surface area contributed by atoms with Crippen LogP contribution < -0.4 is 4.90 Å². The second-order valence-corrected chi connectivity index (χ2v) is 6.35. The zero-order chi connectivity index (χ0) is 21.2. The summed E-state index contributed by atoms with van der Waals surface area (Å²) in [7, 11) is 1.55. The van der Waals surface area contributed by atoms with Gasteiger partial charge in [0, 0.05) is 25.2 Å². The number of halogens is 6. The van der Waals surface area contributed by atoms with E-state index in [1.807, 2.05) is 0 Å². The van der Waals surface area contributed by atoms with E-state index in [0.29, 0.717) is 17.1 Å². The topological polar surface area (TPSA) is 29.0 Å². The Morgan fingerprint density at radius 3 is 2.07 bits per heavy atom. The highest BCUT2D eigenvalue weighted by atomic mass is 19.4. The van der Waals surface area contributed by atoms with Crippen molar-refractivity contribution in [2.45, 2.75) is 18.8 Å². The molecule has 0 aliphatic carbocycles. The summed E-state index contributed by atoms with van der Waals surface area (Å²) < 4.78 is 77.4. The third kappa shape index (κ3) is 5.04. The van der Waals surface area contributed by atoms with Crippen LogP contribution in [0.1, 0.15) is 22.4 Å². The van der Waals surface area contributed by atoms with Crippen LogP contribution in [0, 0.1) is 0 Å². The largest absolute Gasteiger partial charge is 0.416 e. The summed E-state index contributed by atoms with van der Waals surface area (Å²) in [4.78, 5) is 9.57. The molecule has 0 saturated carbocycles. The number of nitrogens with zero attached hydrogens (tertiary/aromatic N) is 3. The van der Waals surface area contributed by atoms with Crippen LogP contribution in [-0.2, 0) is 18.8 Å². The Labute approximate surface area is 162 Å². The zero-order valence-electron chi connectivity index (χ0n) is 15.1. The van der Waals surface area contributed by atoms with Crippen molar-refractivity contribution in [2.24, 2.45) is 0 Å². The van der Waals surface area contributed by atoms with Crippen molar-refractivity contribution in [2.75, 3.05) is 11.9 Å². The van der Waals surface area contributed by atoms with Gasteiger partial charge in [-0.15, -0.1) is 0 Å². The molecule has 0 saturated heterocycles. The summed E-state index contributed by atoms with van der Waals surface area (Å²) in [5.74, 6) is 0.321. The summed E-state index contributed by atoms with van der Waals surface area (Å²) >= 11 is 0. The maximum atomic E-state index is 12.9. The maximum Gasteiger partial charge on any atom is 0.416 e.